The van der Waals surface area contributed by atoms with Gasteiger partial charge in [-0.1, -0.05) is 12.1 Å². The van der Waals surface area contributed by atoms with Crippen LogP contribution in [0, 0.1) is 0 Å². The second-order valence-electron chi connectivity index (χ2n) is 3.81. The minimum Gasteiger partial charge on any atom is -0.493 e. The first-order valence-electron chi connectivity index (χ1n) is 5.54. The first-order chi connectivity index (χ1) is 7.86. The molecule has 0 unspecified atom stereocenters. The maximum Gasteiger partial charge on any atom is 0.175 e. The van der Waals surface area contributed by atoms with Crippen molar-refractivity contribution in [1.29, 1.82) is 0 Å². The van der Waals surface area contributed by atoms with Crippen molar-refractivity contribution in [3.8, 4) is 5.75 Å². The highest BCUT2D eigenvalue weighted by molar-refractivity contribution is 5.86. The summed E-state index contributed by atoms with van der Waals surface area (Å²) in [6.07, 6.45) is 3.98. The lowest BCUT2D eigenvalue weighted by Gasteiger charge is -2.00. The van der Waals surface area contributed by atoms with Crippen LogP contribution in [0.2, 0.25) is 0 Å². The Bertz CT molecular complexity index is 462. The van der Waals surface area contributed by atoms with E-state index in [9.17, 15) is 0 Å². The molecule has 0 aliphatic heterocycles. The second-order valence-corrected chi connectivity index (χ2v) is 3.81. The quantitative estimate of drug-likeness (QED) is 0.785. The summed E-state index contributed by atoms with van der Waals surface area (Å²) >= 11 is 0. The SMILES string of the molecule is CNCCCc1coc2c(OC)cccc12. The number of para-hydroxylation sites is 1. The van der Waals surface area contributed by atoms with Crippen molar-refractivity contribution in [1.82, 2.24) is 5.32 Å². The summed E-state index contributed by atoms with van der Waals surface area (Å²) < 4.78 is 10.8. The van der Waals surface area contributed by atoms with Crippen molar-refractivity contribution in [3.63, 3.8) is 0 Å². The van der Waals surface area contributed by atoms with E-state index in [2.05, 4.69) is 11.4 Å². The maximum atomic E-state index is 5.56. The molecule has 0 saturated heterocycles. The predicted octanol–water partition coefficient (Wildman–Crippen LogP) is 2.59. The summed E-state index contributed by atoms with van der Waals surface area (Å²) in [5.74, 6) is 0.803. The number of benzene rings is 1. The van der Waals surface area contributed by atoms with Crippen molar-refractivity contribution in [2.75, 3.05) is 20.7 Å². The van der Waals surface area contributed by atoms with Crippen molar-refractivity contribution in [2.24, 2.45) is 0 Å². The fourth-order valence-electron chi connectivity index (χ4n) is 1.89. The zero-order valence-corrected chi connectivity index (χ0v) is 9.75. The van der Waals surface area contributed by atoms with Crippen molar-refractivity contribution in [3.05, 3.63) is 30.0 Å². The lowest BCUT2D eigenvalue weighted by molar-refractivity contribution is 0.410. The van der Waals surface area contributed by atoms with Crippen molar-refractivity contribution < 1.29 is 9.15 Å². The van der Waals surface area contributed by atoms with Crippen molar-refractivity contribution in [2.45, 2.75) is 12.8 Å². The Kier molecular flexibility index (Phi) is 3.47. The van der Waals surface area contributed by atoms with Gasteiger partial charge in [-0.3, -0.25) is 0 Å². The van der Waals surface area contributed by atoms with E-state index >= 15 is 0 Å². The highest BCUT2D eigenvalue weighted by Gasteiger charge is 2.09. The first-order valence-corrected chi connectivity index (χ1v) is 5.54. The van der Waals surface area contributed by atoms with E-state index < -0.39 is 0 Å². The maximum absolute atomic E-state index is 5.56. The number of hydrogen-bond acceptors (Lipinski definition) is 3. The Balaban J connectivity index is 2.27. The minimum absolute atomic E-state index is 0.803. The molecule has 2 rings (SSSR count). The van der Waals surface area contributed by atoms with Crippen LogP contribution in [0.3, 0.4) is 0 Å². The Hall–Kier alpha value is -1.48. The zero-order valence-electron chi connectivity index (χ0n) is 9.75. The molecule has 0 amide bonds. The van der Waals surface area contributed by atoms with Crippen LogP contribution in [0.1, 0.15) is 12.0 Å². The van der Waals surface area contributed by atoms with E-state index in [4.69, 9.17) is 9.15 Å². The summed E-state index contributed by atoms with van der Waals surface area (Å²) in [4.78, 5) is 0. The lowest BCUT2D eigenvalue weighted by atomic mass is 10.1. The number of aryl methyl sites for hydroxylation is 1. The Morgan fingerprint density at radius 2 is 2.25 bits per heavy atom. The van der Waals surface area contributed by atoms with Gasteiger partial charge in [0.2, 0.25) is 0 Å². The predicted molar refractivity (Wildman–Crippen MR) is 65.0 cm³/mol. The molecular weight excluding hydrogens is 202 g/mol. The van der Waals surface area contributed by atoms with E-state index in [0.717, 1.165) is 36.1 Å². The van der Waals surface area contributed by atoms with Crippen LogP contribution < -0.4 is 10.1 Å². The minimum atomic E-state index is 0.803. The molecule has 0 radical (unpaired) electrons. The Morgan fingerprint density at radius 3 is 3.00 bits per heavy atom. The molecule has 0 bridgehead atoms. The summed E-state index contributed by atoms with van der Waals surface area (Å²) in [5.41, 5.74) is 2.11. The average Bonchev–Trinajstić information content (AvgIpc) is 2.73. The van der Waals surface area contributed by atoms with E-state index in [0.29, 0.717) is 0 Å². The van der Waals surface area contributed by atoms with Crippen LogP contribution in [-0.2, 0) is 6.42 Å². The molecule has 86 valence electrons. The third-order valence-corrected chi connectivity index (χ3v) is 2.74. The van der Waals surface area contributed by atoms with Crippen LogP contribution in [-0.4, -0.2) is 20.7 Å². The van der Waals surface area contributed by atoms with Gasteiger partial charge in [0, 0.05) is 5.39 Å². The molecular formula is C13H17NO2. The molecule has 0 saturated carbocycles. The molecule has 1 heterocycles. The van der Waals surface area contributed by atoms with Gasteiger partial charge >= 0.3 is 0 Å². The molecule has 1 aromatic carbocycles. The molecule has 2 aromatic rings. The number of ether oxygens (including phenoxy) is 1. The van der Waals surface area contributed by atoms with E-state index in [1.165, 1.54) is 5.56 Å². The number of fused-ring (bicyclic) bond motifs is 1. The van der Waals surface area contributed by atoms with Crippen LogP contribution in [0.4, 0.5) is 0 Å². The van der Waals surface area contributed by atoms with Crippen LogP contribution in [0.15, 0.2) is 28.9 Å². The highest BCUT2D eigenvalue weighted by Crippen LogP contribution is 2.29. The fourth-order valence-corrected chi connectivity index (χ4v) is 1.89. The fraction of sp³-hybridized carbons (Fsp3) is 0.385. The van der Waals surface area contributed by atoms with Gasteiger partial charge in [0.15, 0.2) is 11.3 Å². The molecule has 1 aromatic heterocycles. The topological polar surface area (TPSA) is 34.4 Å². The van der Waals surface area contributed by atoms with Crippen LogP contribution in [0.5, 0.6) is 5.75 Å². The first kappa shape index (κ1) is 11.0. The molecule has 0 atom stereocenters. The number of hydrogen-bond donors (Lipinski definition) is 1. The van der Waals surface area contributed by atoms with E-state index in [-0.39, 0.29) is 0 Å². The zero-order chi connectivity index (χ0) is 11.4. The molecule has 3 nitrogen and oxygen atoms in total. The monoisotopic (exact) mass is 219 g/mol. The van der Waals surface area contributed by atoms with Crippen LogP contribution in [0.25, 0.3) is 11.0 Å². The van der Waals surface area contributed by atoms with Gasteiger partial charge in [0.25, 0.3) is 0 Å². The molecule has 0 aliphatic rings. The highest BCUT2D eigenvalue weighted by atomic mass is 16.5. The molecule has 0 aliphatic carbocycles. The normalized spacial score (nSPS) is 10.9. The van der Waals surface area contributed by atoms with E-state index in [1.807, 2.05) is 25.4 Å². The smallest absolute Gasteiger partial charge is 0.175 e. The number of furan rings is 1. The lowest BCUT2D eigenvalue weighted by Crippen LogP contribution is -2.08. The molecule has 0 fully saturated rings. The largest absolute Gasteiger partial charge is 0.493 e. The number of rotatable bonds is 5. The standard InChI is InChI=1S/C13H17NO2/c1-14-8-4-5-10-9-16-13-11(10)6-3-7-12(13)15-2/h3,6-7,9,14H,4-5,8H2,1-2H3. The van der Waals surface area contributed by atoms with Gasteiger partial charge in [-0.15, -0.1) is 0 Å². The Morgan fingerprint density at radius 1 is 1.38 bits per heavy atom. The second kappa shape index (κ2) is 5.03. The van der Waals surface area contributed by atoms with Gasteiger partial charge < -0.3 is 14.5 Å². The molecule has 3 heteroatoms. The van der Waals surface area contributed by atoms with Gasteiger partial charge in [0.05, 0.1) is 13.4 Å². The number of methoxy groups -OCH3 is 1. The Labute approximate surface area is 95.4 Å². The molecule has 1 N–H and O–H groups in total. The van der Waals surface area contributed by atoms with Crippen molar-refractivity contribution >= 4 is 11.0 Å². The van der Waals surface area contributed by atoms with Gasteiger partial charge in [0.1, 0.15) is 0 Å². The summed E-state index contributed by atoms with van der Waals surface area (Å²) in [7, 11) is 3.63. The third-order valence-electron chi connectivity index (χ3n) is 2.74. The summed E-state index contributed by atoms with van der Waals surface area (Å²) in [6.45, 7) is 1.02. The summed E-state index contributed by atoms with van der Waals surface area (Å²) in [6, 6.07) is 6.00. The van der Waals surface area contributed by atoms with Gasteiger partial charge in [-0.25, -0.2) is 0 Å². The average molecular weight is 219 g/mol. The van der Waals surface area contributed by atoms with Gasteiger partial charge in [-0.2, -0.15) is 0 Å². The van der Waals surface area contributed by atoms with E-state index in [1.54, 1.807) is 7.11 Å². The summed E-state index contributed by atoms with van der Waals surface area (Å²) in [5, 5.41) is 4.31. The molecule has 16 heavy (non-hydrogen) atoms. The number of nitrogens with one attached hydrogen (secondary N) is 1. The molecule has 0 spiro atoms. The van der Waals surface area contributed by atoms with Crippen LogP contribution >= 0.6 is 0 Å². The van der Waals surface area contributed by atoms with Gasteiger partial charge in [-0.05, 0) is 38.1 Å². The third kappa shape index (κ3) is 2.04.